The first-order valence-electron chi connectivity index (χ1n) is 12.8. The van der Waals surface area contributed by atoms with Crippen molar-refractivity contribution in [2.75, 3.05) is 12.3 Å². The van der Waals surface area contributed by atoms with Crippen LogP contribution in [0.3, 0.4) is 0 Å². The molecule has 1 aromatic heterocycles. The van der Waals surface area contributed by atoms with Crippen molar-refractivity contribution in [3.8, 4) is 0 Å². The number of nitrogens with two attached hydrogens (primary N) is 4. The Kier molecular flexibility index (Phi) is 12.9. The maximum Gasteiger partial charge on any atom is 0.326 e. The van der Waals surface area contributed by atoms with E-state index in [1.54, 1.807) is 12.3 Å². The Bertz CT molecular complexity index is 1260. The number of aliphatic imine (C=N–C) groups is 1. The molecule has 4 atom stereocenters. The van der Waals surface area contributed by atoms with E-state index in [2.05, 4.69) is 38.6 Å². The molecule has 1 aromatic carbocycles. The first-order chi connectivity index (χ1) is 19.4. The smallest absolute Gasteiger partial charge is 0.326 e. The second-order valence-corrected chi connectivity index (χ2v) is 9.69. The van der Waals surface area contributed by atoms with Crippen molar-refractivity contribution < 1.29 is 29.1 Å². The van der Waals surface area contributed by atoms with Crippen molar-refractivity contribution in [2.45, 2.75) is 56.3 Å². The van der Waals surface area contributed by atoms with Gasteiger partial charge in [-0.2, -0.15) is 12.6 Å². The number of guanidine groups is 1. The summed E-state index contributed by atoms with van der Waals surface area (Å²) in [5.41, 5.74) is 23.1. The van der Waals surface area contributed by atoms with E-state index in [1.807, 2.05) is 18.2 Å². The summed E-state index contributed by atoms with van der Waals surface area (Å²) in [6.07, 6.45) is 1.49. The van der Waals surface area contributed by atoms with Gasteiger partial charge >= 0.3 is 5.97 Å². The molecular formula is C25H37N9O6S. The van der Waals surface area contributed by atoms with Crippen LogP contribution in [0.25, 0.3) is 10.9 Å². The number of benzene rings is 1. The van der Waals surface area contributed by atoms with Gasteiger partial charge in [-0.1, -0.05) is 18.2 Å². The van der Waals surface area contributed by atoms with Crippen molar-refractivity contribution >= 4 is 59.1 Å². The Morgan fingerprint density at radius 1 is 0.927 bits per heavy atom. The fraction of sp³-hybridized carbons (Fsp3) is 0.440. The number of hydrogen-bond acceptors (Lipinski definition) is 8. The number of carbonyl (C=O) groups excluding carboxylic acids is 4. The second kappa shape index (κ2) is 16.1. The number of para-hydroxylation sites is 1. The number of carboxylic acid groups (broad SMARTS) is 1. The van der Waals surface area contributed by atoms with Crippen LogP contribution in [0.1, 0.15) is 31.2 Å². The van der Waals surface area contributed by atoms with Crippen LogP contribution in [0.2, 0.25) is 0 Å². The average molecular weight is 592 g/mol. The van der Waals surface area contributed by atoms with E-state index in [4.69, 9.17) is 22.9 Å². The summed E-state index contributed by atoms with van der Waals surface area (Å²) in [5.74, 6) is -4.40. The Balaban J connectivity index is 2.21. The molecule has 16 heteroatoms. The molecule has 224 valence electrons. The lowest BCUT2D eigenvalue weighted by Crippen LogP contribution is -2.57. The lowest BCUT2D eigenvalue weighted by atomic mass is 10.0. The number of carbonyl (C=O) groups is 5. The number of aliphatic carboxylic acids is 1. The zero-order valence-corrected chi connectivity index (χ0v) is 23.2. The van der Waals surface area contributed by atoms with Gasteiger partial charge in [-0.15, -0.1) is 0 Å². The molecule has 0 fully saturated rings. The minimum atomic E-state index is -1.35. The Morgan fingerprint density at radius 3 is 2.15 bits per heavy atom. The Morgan fingerprint density at radius 2 is 1.54 bits per heavy atom. The maximum absolute atomic E-state index is 13.2. The minimum Gasteiger partial charge on any atom is -0.480 e. The van der Waals surface area contributed by atoms with Crippen LogP contribution in [0.5, 0.6) is 0 Å². The minimum absolute atomic E-state index is 0.0187. The molecule has 0 bridgehead atoms. The molecule has 1 heterocycles. The number of thiol groups is 1. The number of carboxylic acids is 1. The van der Waals surface area contributed by atoms with Crippen molar-refractivity contribution in [2.24, 2.45) is 27.9 Å². The van der Waals surface area contributed by atoms with E-state index < -0.39 is 53.8 Å². The molecule has 41 heavy (non-hydrogen) atoms. The van der Waals surface area contributed by atoms with Crippen LogP contribution in [-0.4, -0.2) is 82.1 Å². The summed E-state index contributed by atoms with van der Waals surface area (Å²) in [6.45, 7) is 0.167. The number of hydrogen-bond donors (Lipinski definition) is 10. The van der Waals surface area contributed by atoms with E-state index in [1.165, 1.54) is 0 Å². The predicted molar refractivity (Wildman–Crippen MR) is 156 cm³/mol. The third kappa shape index (κ3) is 10.6. The average Bonchev–Trinajstić information content (AvgIpc) is 3.33. The number of amides is 4. The Hall–Kier alpha value is -4.31. The number of aromatic nitrogens is 1. The standard InChI is InChI=1S/C25H37N9O6S/c26-15(12-41)21(36)32-17(6-3-9-30-25(28)29)22(37)33-18(7-8-20(27)35)23(38)34-19(24(39)40)10-13-11-31-16-5-2-1-4-14(13)16/h1-2,4-5,11,15,17-19,31,41H,3,6-10,12,26H2,(H2,27,35)(H,32,36)(H,33,37)(H,34,38)(H,39,40)(H4,28,29,30). The van der Waals surface area contributed by atoms with Crippen molar-refractivity contribution in [3.63, 3.8) is 0 Å². The van der Waals surface area contributed by atoms with Gasteiger partial charge in [0.15, 0.2) is 5.96 Å². The molecule has 4 unspecified atom stereocenters. The molecule has 0 radical (unpaired) electrons. The second-order valence-electron chi connectivity index (χ2n) is 9.33. The van der Waals surface area contributed by atoms with Crippen molar-refractivity contribution in [3.05, 3.63) is 36.0 Å². The van der Waals surface area contributed by atoms with Gasteiger partial charge in [-0.3, -0.25) is 24.2 Å². The first kappa shape index (κ1) is 32.9. The van der Waals surface area contributed by atoms with Gasteiger partial charge < -0.3 is 49.0 Å². The number of fused-ring (bicyclic) bond motifs is 1. The van der Waals surface area contributed by atoms with E-state index >= 15 is 0 Å². The maximum atomic E-state index is 13.2. The zero-order chi connectivity index (χ0) is 30.5. The number of nitrogens with one attached hydrogen (secondary N) is 4. The van der Waals surface area contributed by atoms with Crippen LogP contribution in [0, 0.1) is 0 Å². The van der Waals surface area contributed by atoms with Crippen LogP contribution < -0.4 is 38.9 Å². The number of primary amides is 1. The highest BCUT2D eigenvalue weighted by molar-refractivity contribution is 7.80. The lowest BCUT2D eigenvalue weighted by Gasteiger charge is -2.25. The molecule has 0 saturated heterocycles. The predicted octanol–water partition coefficient (Wildman–Crippen LogP) is -2.17. The third-order valence-corrected chi connectivity index (χ3v) is 6.53. The summed E-state index contributed by atoms with van der Waals surface area (Å²) in [5, 5.41) is 18.1. The fourth-order valence-electron chi connectivity index (χ4n) is 3.95. The SMILES string of the molecule is NC(=O)CCC(NC(=O)C(CCCN=C(N)N)NC(=O)C(N)CS)C(=O)NC(Cc1c[nH]c2ccccc12)C(=O)O. The molecule has 2 rings (SSSR count). The monoisotopic (exact) mass is 591 g/mol. The van der Waals surface area contributed by atoms with Crippen molar-refractivity contribution in [1.82, 2.24) is 20.9 Å². The highest BCUT2D eigenvalue weighted by atomic mass is 32.1. The number of nitrogens with zero attached hydrogens (tertiary/aromatic N) is 1. The molecule has 0 aliphatic rings. The summed E-state index contributed by atoms with van der Waals surface area (Å²) in [6, 6.07) is 2.45. The van der Waals surface area contributed by atoms with E-state index in [-0.39, 0.29) is 50.4 Å². The molecular weight excluding hydrogens is 554 g/mol. The first-order valence-corrected chi connectivity index (χ1v) is 13.4. The highest BCUT2D eigenvalue weighted by Gasteiger charge is 2.30. The number of H-pyrrole nitrogens is 1. The van der Waals surface area contributed by atoms with Gasteiger partial charge in [0.1, 0.15) is 18.1 Å². The molecule has 13 N–H and O–H groups in total. The largest absolute Gasteiger partial charge is 0.480 e. The highest BCUT2D eigenvalue weighted by Crippen LogP contribution is 2.19. The quantitative estimate of drug-likeness (QED) is 0.0414. The van der Waals surface area contributed by atoms with Crippen molar-refractivity contribution in [1.29, 1.82) is 0 Å². The molecule has 0 aliphatic heterocycles. The lowest BCUT2D eigenvalue weighted by molar-refractivity contribution is -0.142. The molecule has 0 spiro atoms. The summed E-state index contributed by atoms with van der Waals surface area (Å²) in [4.78, 5) is 69.2. The molecule has 15 nitrogen and oxygen atoms in total. The van der Waals surface area contributed by atoms with Gasteiger partial charge in [0.25, 0.3) is 0 Å². The van der Waals surface area contributed by atoms with E-state index in [9.17, 15) is 29.1 Å². The van der Waals surface area contributed by atoms with Crippen LogP contribution in [0.15, 0.2) is 35.5 Å². The van der Waals surface area contributed by atoms with Gasteiger partial charge in [0.2, 0.25) is 23.6 Å². The van der Waals surface area contributed by atoms with Crippen LogP contribution in [0.4, 0.5) is 0 Å². The van der Waals surface area contributed by atoms with Crippen LogP contribution in [-0.2, 0) is 30.4 Å². The molecule has 0 saturated carbocycles. The van der Waals surface area contributed by atoms with Gasteiger partial charge in [0, 0.05) is 42.2 Å². The summed E-state index contributed by atoms with van der Waals surface area (Å²) < 4.78 is 0. The van der Waals surface area contributed by atoms with Gasteiger partial charge in [-0.05, 0) is 30.9 Å². The molecule has 4 amide bonds. The molecule has 0 aliphatic carbocycles. The molecule has 2 aromatic rings. The van der Waals surface area contributed by atoms with Gasteiger partial charge in [-0.25, -0.2) is 4.79 Å². The topological polar surface area (TPSA) is 274 Å². The zero-order valence-electron chi connectivity index (χ0n) is 22.3. The summed E-state index contributed by atoms with van der Waals surface area (Å²) in [7, 11) is 0. The third-order valence-electron chi connectivity index (χ3n) is 6.14. The number of rotatable bonds is 17. The Labute approximate surface area is 241 Å². The summed E-state index contributed by atoms with van der Waals surface area (Å²) >= 11 is 3.99. The van der Waals surface area contributed by atoms with E-state index in [0.717, 1.165) is 10.9 Å². The normalized spacial score (nSPS) is 13.8. The van der Waals surface area contributed by atoms with Crippen LogP contribution >= 0.6 is 12.6 Å². The van der Waals surface area contributed by atoms with E-state index in [0.29, 0.717) is 5.56 Å². The number of aromatic amines is 1. The fourth-order valence-corrected chi connectivity index (χ4v) is 4.12. The van der Waals surface area contributed by atoms with Gasteiger partial charge in [0.05, 0.1) is 6.04 Å².